The lowest BCUT2D eigenvalue weighted by Gasteiger charge is -2.11. The number of carbonyl (C=O) groups excluding carboxylic acids is 1. The van der Waals surface area contributed by atoms with Crippen LogP contribution in [0.3, 0.4) is 0 Å². The van der Waals surface area contributed by atoms with E-state index in [9.17, 15) is 18.0 Å². The summed E-state index contributed by atoms with van der Waals surface area (Å²) in [7, 11) is 0. The summed E-state index contributed by atoms with van der Waals surface area (Å²) >= 11 is 0. The first-order valence-corrected chi connectivity index (χ1v) is 8.90. The molecule has 0 bridgehead atoms. The second-order valence-electron chi connectivity index (χ2n) is 6.78. The van der Waals surface area contributed by atoms with Gasteiger partial charge in [-0.2, -0.15) is 13.2 Å². The number of nitrogens with zero attached hydrogens (tertiary/aromatic N) is 3. The molecule has 3 aromatic heterocycles. The van der Waals surface area contributed by atoms with E-state index in [1.807, 2.05) is 19.1 Å². The first-order chi connectivity index (χ1) is 14.2. The Kier molecular flexibility index (Phi) is 4.65. The molecule has 0 aliphatic rings. The van der Waals surface area contributed by atoms with E-state index < -0.39 is 17.6 Å². The molecule has 1 amide bonds. The summed E-state index contributed by atoms with van der Waals surface area (Å²) in [6, 6.07) is 11.3. The number of nitrogens with one attached hydrogen (secondary N) is 1. The van der Waals surface area contributed by atoms with Crippen LogP contribution in [0.1, 0.15) is 21.5 Å². The van der Waals surface area contributed by atoms with Gasteiger partial charge >= 0.3 is 6.18 Å². The number of nitrogens with two attached hydrogens (primary N) is 1. The Bertz CT molecular complexity index is 1250. The van der Waals surface area contributed by atoms with E-state index in [4.69, 9.17) is 5.73 Å². The van der Waals surface area contributed by atoms with Crippen LogP contribution in [-0.2, 0) is 6.18 Å². The van der Waals surface area contributed by atoms with Gasteiger partial charge in [0, 0.05) is 29.1 Å². The molecule has 9 heteroatoms. The molecular weight excluding hydrogens is 395 g/mol. The predicted octanol–water partition coefficient (Wildman–Crippen LogP) is 4.56. The van der Waals surface area contributed by atoms with Crippen LogP contribution >= 0.6 is 0 Å². The Hall–Kier alpha value is -3.88. The van der Waals surface area contributed by atoms with Gasteiger partial charge in [-0.25, -0.2) is 9.97 Å². The Labute approximate surface area is 169 Å². The summed E-state index contributed by atoms with van der Waals surface area (Å²) in [5.41, 5.74) is 7.19. The lowest BCUT2D eigenvalue weighted by Crippen LogP contribution is -2.11. The Balaban J connectivity index is 1.63. The van der Waals surface area contributed by atoms with Gasteiger partial charge in [0.05, 0.1) is 11.8 Å². The van der Waals surface area contributed by atoms with Gasteiger partial charge in [-0.15, -0.1) is 0 Å². The Morgan fingerprint density at radius 3 is 2.50 bits per heavy atom. The van der Waals surface area contributed by atoms with Crippen LogP contribution in [0.25, 0.3) is 16.8 Å². The summed E-state index contributed by atoms with van der Waals surface area (Å²) in [4.78, 5) is 20.3. The largest absolute Gasteiger partial charge is 0.419 e. The number of rotatable bonds is 3. The number of aryl methyl sites for hydroxylation is 1. The molecule has 6 nitrogen and oxygen atoms in total. The molecule has 0 saturated heterocycles. The molecule has 4 rings (SSSR count). The fourth-order valence-electron chi connectivity index (χ4n) is 2.98. The van der Waals surface area contributed by atoms with Crippen LogP contribution in [0.5, 0.6) is 0 Å². The highest BCUT2D eigenvalue weighted by Gasteiger charge is 2.34. The summed E-state index contributed by atoms with van der Waals surface area (Å²) in [5, 5.41) is 2.71. The molecule has 4 aromatic rings. The molecule has 0 aliphatic heterocycles. The number of hydrogen-bond donors (Lipinski definition) is 2. The Morgan fingerprint density at radius 2 is 1.80 bits per heavy atom. The van der Waals surface area contributed by atoms with Crippen LogP contribution in [0.15, 0.2) is 61.1 Å². The summed E-state index contributed by atoms with van der Waals surface area (Å²) < 4.78 is 40.9. The number of pyridine rings is 2. The van der Waals surface area contributed by atoms with Crippen LogP contribution < -0.4 is 11.1 Å². The van der Waals surface area contributed by atoms with Gasteiger partial charge in [-0.05, 0) is 37.3 Å². The van der Waals surface area contributed by atoms with Crippen molar-refractivity contribution in [2.45, 2.75) is 13.1 Å². The van der Waals surface area contributed by atoms with Gasteiger partial charge in [0.2, 0.25) is 0 Å². The number of hydrogen-bond acceptors (Lipinski definition) is 4. The van der Waals surface area contributed by atoms with Gasteiger partial charge in [0.25, 0.3) is 5.91 Å². The minimum absolute atomic E-state index is 0.261. The third-order valence-corrected chi connectivity index (χ3v) is 4.56. The molecule has 30 heavy (non-hydrogen) atoms. The molecular formula is C21H16F3N5O. The molecule has 0 atom stereocenters. The molecule has 3 N–H and O–H groups in total. The van der Waals surface area contributed by atoms with Crippen molar-refractivity contribution < 1.29 is 18.0 Å². The van der Waals surface area contributed by atoms with Crippen molar-refractivity contribution in [2.24, 2.45) is 0 Å². The number of carbonyl (C=O) groups is 1. The molecule has 0 aliphatic carbocycles. The number of anilines is 2. The molecule has 3 heterocycles. The average molecular weight is 411 g/mol. The van der Waals surface area contributed by atoms with Gasteiger partial charge in [0.15, 0.2) is 5.82 Å². The summed E-state index contributed by atoms with van der Waals surface area (Å²) in [6.07, 6.45) is -0.125. The molecule has 0 fully saturated rings. The van der Waals surface area contributed by atoms with E-state index in [1.165, 1.54) is 6.20 Å². The predicted molar refractivity (Wildman–Crippen MR) is 107 cm³/mol. The standard InChI is InChI=1S/C21H16F3N5O/c1-12-2-4-13(5-3-12)20(30)28-17-11-29-10-14(6-7-18(29)27-17)15-8-16(21(22,23)24)19(25)26-9-15/h2-11H,1H3,(H2,25,26)(H,28,30). The maximum Gasteiger partial charge on any atom is 0.419 e. The molecule has 0 saturated carbocycles. The molecule has 0 radical (unpaired) electrons. The fourth-order valence-corrected chi connectivity index (χ4v) is 2.98. The smallest absolute Gasteiger partial charge is 0.383 e. The highest BCUT2D eigenvalue weighted by molar-refractivity contribution is 6.03. The number of halogens is 3. The number of amides is 1. The van der Waals surface area contributed by atoms with Gasteiger partial charge in [0.1, 0.15) is 11.5 Å². The number of nitrogen functional groups attached to an aromatic ring is 1. The normalized spacial score (nSPS) is 11.6. The van der Waals surface area contributed by atoms with Crippen molar-refractivity contribution in [3.05, 3.63) is 77.7 Å². The third kappa shape index (κ3) is 3.82. The lowest BCUT2D eigenvalue weighted by molar-refractivity contribution is -0.137. The zero-order chi connectivity index (χ0) is 21.5. The van der Waals surface area contributed by atoms with Gasteiger partial charge < -0.3 is 15.5 Å². The first kappa shape index (κ1) is 19.4. The molecule has 1 aromatic carbocycles. The van der Waals surface area contributed by atoms with E-state index >= 15 is 0 Å². The minimum Gasteiger partial charge on any atom is -0.383 e. The van der Waals surface area contributed by atoms with Crippen molar-refractivity contribution in [1.82, 2.24) is 14.4 Å². The molecule has 0 spiro atoms. The number of benzene rings is 1. The van der Waals surface area contributed by atoms with Crippen LogP contribution in [0.4, 0.5) is 24.8 Å². The molecule has 152 valence electrons. The van der Waals surface area contributed by atoms with Crippen LogP contribution in [0.2, 0.25) is 0 Å². The third-order valence-electron chi connectivity index (χ3n) is 4.56. The first-order valence-electron chi connectivity index (χ1n) is 8.90. The monoisotopic (exact) mass is 411 g/mol. The summed E-state index contributed by atoms with van der Waals surface area (Å²) in [6.45, 7) is 1.93. The van der Waals surface area contributed by atoms with Gasteiger partial charge in [-0.1, -0.05) is 17.7 Å². The van der Waals surface area contributed by atoms with Crippen molar-refractivity contribution in [2.75, 3.05) is 11.1 Å². The van der Waals surface area contributed by atoms with Crippen LogP contribution in [-0.4, -0.2) is 20.3 Å². The second-order valence-corrected chi connectivity index (χ2v) is 6.78. The highest BCUT2D eigenvalue weighted by atomic mass is 19.4. The van der Waals surface area contributed by atoms with E-state index in [1.54, 1.807) is 41.1 Å². The van der Waals surface area contributed by atoms with E-state index in [-0.39, 0.29) is 11.5 Å². The van der Waals surface area contributed by atoms with Crippen molar-refractivity contribution in [3.63, 3.8) is 0 Å². The number of alkyl halides is 3. The fraction of sp³-hybridized carbons (Fsp3) is 0.0952. The van der Waals surface area contributed by atoms with E-state index in [2.05, 4.69) is 15.3 Å². The average Bonchev–Trinajstić information content (AvgIpc) is 3.09. The van der Waals surface area contributed by atoms with Crippen molar-refractivity contribution in [1.29, 1.82) is 0 Å². The van der Waals surface area contributed by atoms with Crippen LogP contribution in [0, 0.1) is 6.92 Å². The lowest BCUT2D eigenvalue weighted by atomic mass is 10.1. The van der Waals surface area contributed by atoms with Crippen molar-refractivity contribution >= 4 is 23.2 Å². The maximum atomic E-state index is 13.1. The minimum atomic E-state index is -4.60. The van der Waals surface area contributed by atoms with Crippen molar-refractivity contribution in [3.8, 4) is 11.1 Å². The SMILES string of the molecule is Cc1ccc(C(=O)Nc2cn3cc(-c4cnc(N)c(C(F)(F)F)c4)ccc3n2)cc1. The molecule has 0 unspecified atom stereocenters. The zero-order valence-electron chi connectivity index (χ0n) is 15.7. The Morgan fingerprint density at radius 1 is 1.07 bits per heavy atom. The topological polar surface area (TPSA) is 85.3 Å². The number of aromatic nitrogens is 3. The highest BCUT2D eigenvalue weighted by Crippen LogP contribution is 2.35. The summed E-state index contributed by atoms with van der Waals surface area (Å²) in [5.74, 6) is -0.559. The second kappa shape index (κ2) is 7.18. The number of fused-ring (bicyclic) bond motifs is 1. The zero-order valence-corrected chi connectivity index (χ0v) is 15.7. The van der Waals surface area contributed by atoms with E-state index in [0.717, 1.165) is 11.6 Å². The maximum absolute atomic E-state index is 13.1. The van der Waals surface area contributed by atoms with Gasteiger partial charge in [-0.3, -0.25) is 4.79 Å². The quantitative estimate of drug-likeness (QED) is 0.518. The number of imidazole rings is 1. The van der Waals surface area contributed by atoms with E-state index in [0.29, 0.717) is 22.6 Å².